The number of anilines is 1. The smallest absolute Gasteiger partial charge is 0.224 e. The first kappa shape index (κ1) is 19.2. The first-order chi connectivity index (χ1) is 10.6. The van der Waals surface area contributed by atoms with Crippen LogP contribution in [-0.4, -0.2) is 29.6 Å². The molecule has 0 aliphatic heterocycles. The second kappa shape index (κ2) is 8.11. The molecule has 0 spiro atoms. The van der Waals surface area contributed by atoms with Gasteiger partial charge in [0, 0.05) is 24.6 Å². The zero-order chi connectivity index (χ0) is 17.6. The predicted octanol–water partition coefficient (Wildman–Crippen LogP) is 2.35. The topological polar surface area (TPSA) is 78.4 Å². The third-order valence-electron chi connectivity index (χ3n) is 3.81. The lowest BCUT2D eigenvalue weighted by molar-refractivity contribution is -0.121. The van der Waals surface area contributed by atoms with Crippen molar-refractivity contribution in [1.82, 2.24) is 5.32 Å². The Balaban J connectivity index is 2.52. The molecule has 5 nitrogen and oxygen atoms in total. The number of aliphatic hydroxyl groups is 1. The van der Waals surface area contributed by atoms with E-state index in [4.69, 9.17) is 0 Å². The Bertz CT molecular complexity index is 536. The zero-order valence-corrected chi connectivity index (χ0v) is 14.6. The second-order valence-electron chi connectivity index (χ2n) is 7.01. The van der Waals surface area contributed by atoms with E-state index in [0.717, 1.165) is 5.56 Å². The number of benzene rings is 1. The Kier molecular flexibility index (Phi) is 6.76. The average Bonchev–Trinajstić information content (AvgIpc) is 2.46. The van der Waals surface area contributed by atoms with Crippen LogP contribution in [0.15, 0.2) is 24.3 Å². The monoisotopic (exact) mass is 320 g/mol. The molecule has 1 unspecified atom stereocenters. The van der Waals surface area contributed by atoms with Crippen molar-refractivity contribution in [3.05, 3.63) is 29.8 Å². The van der Waals surface area contributed by atoms with Gasteiger partial charge in [-0.15, -0.1) is 0 Å². The number of aliphatic hydroxyl groups excluding tert-OH is 1. The summed E-state index contributed by atoms with van der Waals surface area (Å²) in [5.74, 6) is -0.0639. The van der Waals surface area contributed by atoms with Crippen LogP contribution in [-0.2, 0) is 16.0 Å². The minimum absolute atomic E-state index is 0.0821. The van der Waals surface area contributed by atoms with Crippen LogP contribution in [0, 0.1) is 11.3 Å². The molecular formula is C18H28N2O3. The van der Waals surface area contributed by atoms with Crippen molar-refractivity contribution in [3.63, 3.8) is 0 Å². The van der Waals surface area contributed by atoms with Gasteiger partial charge in [0.1, 0.15) is 0 Å². The van der Waals surface area contributed by atoms with Gasteiger partial charge >= 0.3 is 0 Å². The summed E-state index contributed by atoms with van der Waals surface area (Å²) in [7, 11) is 0. The molecule has 3 N–H and O–H groups in total. The standard InChI is InChI=1S/C18H28N2O3/c1-12(2)17(23)18(4,5)11-19-16(22)10-14-6-8-15(9-7-14)20-13(3)21/h6-9,12,17,23H,10-11H2,1-5H3,(H,19,22)(H,20,21). The van der Waals surface area contributed by atoms with Gasteiger partial charge in [-0.1, -0.05) is 39.8 Å². The molecule has 1 aromatic carbocycles. The quantitative estimate of drug-likeness (QED) is 0.721. The Hall–Kier alpha value is -1.88. The van der Waals surface area contributed by atoms with Gasteiger partial charge < -0.3 is 15.7 Å². The number of amides is 2. The summed E-state index contributed by atoms with van der Waals surface area (Å²) in [5, 5.41) is 15.7. The third-order valence-corrected chi connectivity index (χ3v) is 3.81. The van der Waals surface area contributed by atoms with Gasteiger partial charge in [0.25, 0.3) is 0 Å². The summed E-state index contributed by atoms with van der Waals surface area (Å²) in [4.78, 5) is 23.0. The molecule has 0 heterocycles. The Morgan fingerprint density at radius 2 is 1.74 bits per heavy atom. The van der Waals surface area contributed by atoms with Gasteiger partial charge in [-0.25, -0.2) is 0 Å². The van der Waals surface area contributed by atoms with Crippen molar-refractivity contribution in [3.8, 4) is 0 Å². The normalized spacial score (nSPS) is 12.8. The fourth-order valence-electron chi connectivity index (χ4n) is 2.49. The van der Waals surface area contributed by atoms with Gasteiger partial charge in [-0.3, -0.25) is 9.59 Å². The molecular weight excluding hydrogens is 292 g/mol. The maximum Gasteiger partial charge on any atom is 0.224 e. The Labute approximate surface area is 138 Å². The van der Waals surface area contributed by atoms with Crippen molar-refractivity contribution in [2.75, 3.05) is 11.9 Å². The van der Waals surface area contributed by atoms with Crippen molar-refractivity contribution < 1.29 is 14.7 Å². The van der Waals surface area contributed by atoms with Crippen molar-refractivity contribution >= 4 is 17.5 Å². The van der Waals surface area contributed by atoms with Gasteiger partial charge in [0.2, 0.25) is 11.8 Å². The highest BCUT2D eigenvalue weighted by Gasteiger charge is 2.30. The van der Waals surface area contributed by atoms with E-state index >= 15 is 0 Å². The Morgan fingerprint density at radius 3 is 2.22 bits per heavy atom. The molecule has 0 radical (unpaired) electrons. The summed E-state index contributed by atoms with van der Waals surface area (Å²) in [6, 6.07) is 7.19. The molecule has 0 aliphatic rings. The third kappa shape index (κ3) is 6.40. The molecule has 2 amide bonds. The van der Waals surface area contributed by atoms with Crippen molar-refractivity contribution in [2.24, 2.45) is 11.3 Å². The van der Waals surface area contributed by atoms with E-state index in [9.17, 15) is 14.7 Å². The lowest BCUT2D eigenvalue weighted by Crippen LogP contribution is -2.43. The highest BCUT2D eigenvalue weighted by atomic mass is 16.3. The number of rotatable bonds is 7. The average molecular weight is 320 g/mol. The van der Waals surface area contributed by atoms with Crippen LogP contribution >= 0.6 is 0 Å². The fraction of sp³-hybridized carbons (Fsp3) is 0.556. The van der Waals surface area contributed by atoms with Crippen LogP contribution in [0.1, 0.15) is 40.2 Å². The highest BCUT2D eigenvalue weighted by Crippen LogP contribution is 2.25. The minimum Gasteiger partial charge on any atom is -0.392 e. The van der Waals surface area contributed by atoms with E-state index in [1.807, 2.05) is 39.8 Å². The lowest BCUT2D eigenvalue weighted by Gasteiger charge is -2.33. The molecule has 0 saturated carbocycles. The summed E-state index contributed by atoms with van der Waals surface area (Å²) >= 11 is 0. The molecule has 0 aliphatic carbocycles. The van der Waals surface area contributed by atoms with Gasteiger partial charge in [-0.2, -0.15) is 0 Å². The minimum atomic E-state index is -0.472. The lowest BCUT2D eigenvalue weighted by atomic mass is 9.80. The number of hydrogen-bond acceptors (Lipinski definition) is 3. The van der Waals surface area contributed by atoms with E-state index in [1.54, 1.807) is 12.1 Å². The zero-order valence-electron chi connectivity index (χ0n) is 14.6. The number of carbonyl (C=O) groups is 2. The van der Waals surface area contributed by atoms with Gasteiger partial charge in [-0.05, 0) is 23.6 Å². The Morgan fingerprint density at radius 1 is 1.17 bits per heavy atom. The second-order valence-corrected chi connectivity index (χ2v) is 7.01. The first-order valence-electron chi connectivity index (χ1n) is 7.93. The molecule has 0 fully saturated rings. The van der Waals surface area contributed by atoms with Crippen molar-refractivity contribution in [2.45, 2.75) is 47.1 Å². The molecule has 0 bridgehead atoms. The van der Waals surface area contributed by atoms with Crippen LogP contribution in [0.5, 0.6) is 0 Å². The van der Waals surface area contributed by atoms with Crippen molar-refractivity contribution in [1.29, 1.82) is 0 Å². The van der Waals surface area contributed by atoms with E-state index < -0.39 is 6.10 Å². The first-order valence-corrected chi connectivity index (χ1v) is 7.93. The number of hydrogen-bond donors (Lipinski definition) is 3. The van der Waals surface area contributed by atoms with Crippen LogP contribution in [0.3, 0.4) is 0 Å². The predicted molar refractivity (Wildman–Crippen MR) is 92.1 cm³/mol. The molecule has 0 saturated heterocycles. The molecule has 0 aromatic heterocycles. The highest BCUT2D eigenvalue weighted by molar-refractivity contribution is 5.88. The molecule has 1 atom stereocenters. The molecule has 128 valence electrons. The van der Waals surface area contributed by atoms with E-state index in [1.165, 1.54) is 6.92 Å². The largest absolute Gasteiger partial charge is 0.392 e. The fourth-order valence-corrected chi connectivity index (χ4v) is 2.49. The summed E-state index contributed by atoms with van der Waals surface area (Å²) < 4.78 is 0. The van der Waals surface area contributed by atoms with Crippen LogP contribution in [0.2, 0.25) is 0 Å². The van der Waals surface area contributed by atoms with Gasteiger partial charge in [0.05, 0.1) is 12.5 Å². The number of nitrogens with one attached hydrogen (secondary N) is 2. The SMILES string of the molecule is CC(=O)Nc1ccc(CC(=O)NCC(C)(C)C(O)C(C)C)cc1. The summed E-state index contributed by atoms with van der Waals surface area (Å²) in [6.07, 6.45) is -0.200. The maximum atomic E-state index is 12.1. The molecule has 1 aromatic rings. The van der Waals surface area contributed by atoms with Crippen LogP contribution in [0.4, 0.5) is 5.69 Å². The van der Waals surface area contributed by atoms with E-state index in [-0.39, 0.29) is 29.6 Å². The van der Waals surface area contributed by atoms with E-state index in [2.05, 4.69) is 10.6 Å². The summed E-state index contributed by atoms with van der Waals surface area (Å²) in [6.45, 7) is 9.69. The van der Waals surface area contributed by atoms with Gasteiger partial charge in [0.15, 0.2) is 0 Å². The maximum absolute atomic E-state index is 12.1. The molecule has 1 rings (SSSR count). The summed E-state index contributed by atoms with van der Waals surface area (Å²) in [5.41, 5.74) is 1.21. The molecule has 23 heavy (non-hydrogen) atoms. The van der Waals surface area contributed by atoms with Crippen LogP contribution in [0.25, 0.3) is 0 Å². The number of carbonyl (C=O) groups excluding carboxylic acids is 2. The van der Waals surface area contributed by atoms with Crippen LogP contribution < -0.4 is 10.6 Å². The van der Waals surface area contributed by atoms with E-state index in [0.29, 0.717) is 12.2 Å². The molecule has 5 heteroatoms.